The van der Waals surface area contributed by atoms with Crippen molar-refractivity contribution in [1.29, 1.82) is 0 Å². The molecule has 1 atom stereocenters. The molecule has 0 saturated carbocycles. The molecule has 0 radical (unpaired) electrons. The average molecular weight is 191 g/mol. The van der Waals surface area contributed by atoms with Crippen molar-refractivity contribution in [1.82, 2.24) is 5.32 Å². The van der Waals surface area contributed by atoms with Gasteiger partial charge in [0.1, 0.15) is 6.04 Å². The van der Waals surface area contributed by atoms with Gasteiger partial charge in [0.05, 0.1) is 6.10 Å². The lowest BCUT2D eigenvalue weighted by Crippen LogP contribution is -2.37. The summed E-state index contributed by atoms with van der Waals surface area (Å²) in [5, 5.41) is 2.88. The molecule has 0 fully saturated rings. The third-order valence-corrected chi connectivity index (χ3v) is 1.66. The summed E-state index contributed by atoms with van der Waals surface area (Å²) in [7, 11) is 1.75. The fourth-order valence-corrected chi connectivity index (χ4v) is 1.08. The van der Waals surface area contributed by atoms with Gasteiger partial charge in [-0.05, 0) is 33.1 Å². The van der Waals surface area contributed by atoms with Crippen molar-refractivity contribution in [3.05, 3.63) is 0 Å². The molecule has 0 aliphatic rings. The standard InChI is InChI=1S/C8H17NO2S/c1-6(2)11-8(10)7(9-3)4-5-12/h6-7,9,12H,4-5H2,1-3H3. The van der Waals surface area contributed by atoms with Crippen molar-refractivity contribution in [3.63, 3.8) is 0 Å². The van der Waals surface area contributed by atoms with Crippen LogP contribution in [0.5, 0.6) is 0 Å². The zero-order valence-corrected chi connectivity index (χ0v) is 8.73. The maximum absolute atomic E-state index is 11.3. The van der Waals surface area contributed by atoms with Gasteiger partial charge in [0, 0.05) is 0 Å². The van der Waals surface area contributed by atoms with Gasteiger partial charge in [0.15, 0.2) is 0 Å². The van der Waals surface area contributed by atoms with Crippen LogP contribution in [0.4, 0.5) is 0 Å². The molecule has 1 N–H and O–H groups in total. The van der Waals surface area contributed by atoms with E-state index in [2.05, 4.69) is 17.9 Å². The Morgan fingerprint density at radius 2 is 2.17 bits per heavy atom. The van der Waals surface area contributed by atoms with E-state index in [1.165, 1.54) is 0 Å². The van der Waals surface area contributed by atoms with Crippen LogP contribution in [0.1, 0.15) is 20.3 Å². The second-order valence-corrected chi connectivity index (χ2v) is 3.29. The summed E-state index contributed by atoms with van der Waals surface area (Å²) < 4.78 is 5.02. The van der Waals surface area contributed by atoms with Crippen molar-refractivity contribution in [2.75, 3.05) is 12.8 Å². The SMILES string of the molecule is CNC(CCS)C(=O)OC(C)C. The molecule has 0 heterocycles. The Bertz CT molecular complexity index is 139. The van der Waals surface area contributed by atoms with Crippen LogP contribution in [-0.4, -0.2) is 30.9 Å². The van der Waals surface area contributed by atoms with Crippen LogP contribution < -0.4 is 5.32 Å². The van der Waals surface area contributed by atoms with E-state index in [0.717, 1.165) is 0 Å². The molecule has 0 aromatic rings. The molecular formula is C8H17NO2S. The number of carbonyl (C=O) groups excluding carboxylic acids is 1. The summed E-state index contributed by atoms with van der Waals surface area (Å²) in [5.41, 5.74) is 0. The summed E-state index contributed by atoms with van der Waals surface area (Å²) >= 11 is 4.05. The first-order chi connectivity index (χ1) is 5.61. The summed E-state index contributed by atoms with van der Waals surface area (Å²) in [5.74, 6) is 0.486. The fraction of sp³-hybridized carbons (Fsp3) is 0.875. The molecule has 72 valence electrons. The smallest absolute Gasteiger partial charge is 0.323 e. The Morgan fingerprint density at radius 3 is 2.50 bits per heavy atom. The Labute approximate surface area is 79.3 Å². The average Bonchev–Trinajstić information content (AvgIpc) is 1.98. The zero-order valence-electron chi connectivity index (χ0n) is 7.83. The normalized spacial score (nSPS) is 13.1. The molecule has 1 unspecified atom stereocenters. The largest absolute Gasteiger partial charge is 0.462 e. The summed E-state index contributed by atoms with van der Waals surface area (Å²) in [4.78, 5) is 11.3. The highest BCUT2D eigenvalue weighted by Gasteiger charge is 2.17. The Balaban J connectivity index is 3.85. The maximum Gasteiger partial charge on any atom is 0.323 e. The lowest BCUT2D eigenvalue weighted by Gasteiger charge is -2.15. The van der Waals surface area contributed by atoms with E-state index in [1.807, 2.05) is 13.8 Å². The molecule has 0 bridgehead atoms. The molecule has 0 rings (SSSR count). The van der Waals surface area contributed by atoms with Crippen molar-refractivity contribution in [2.45, 2.75) is 32.4 Å². The highest BCUT2D eigenvalue weighted by molar-refractivity contribution is 7.80. The van der Waals surface area contributed by atoms with E-state index in [4.69, 9.17) is 4.74 Å². The minimum atomic E-state index is -0.218. The van der Waals surface area contributed by atoms with Gasteiger partial charge < -0.3 is 10.1 Å². The van der Waals surface area contributed by atoms with E-state index >= 15 is 0 Å². The Morgan fingerprint density at radius 1 is 1.58 bits per heavy atom. The minimum Gasteiger partial charge on any atom is -0.462 e. The lowest BCUT2D eigenvalue weighted by molar-refractivity contribution is -0.149. The zero-order chi connectivity index (χ0) is 9.56. The molecule has 0 amide bonds. The number of hydrogen-bond acceptors (Lipinski definition) is 4. The number of rotatable bonds is 5. The molecule has 0 aliphatic carbocycles. The Hall–Kier alpha value is -0.220. The number of nitrogens with one attached hydrogen (secondary N) is 1. The van der Waals surface area contributed by atoms with E-state index in [9.17, 15) is 4.79 Å². The van der Waals surface area contributed by atoms with E-state index in [1.54, 1.807) is 7.05 Å². The van der Waals surface area contributed by atoms with Gasteiger partial charge in [0.2, 0.25) is 0 Å². The number of esters is 1. The highest BCUT2D eigenvalue weighted by atomic mass is 32.1. The number of likely N-dealkylation sites (N-methyl/N-ethyl adjacent to an activating group) is 1. The lowest BCUT2D eigenvalue weighted by atomic mass is 10.2. The predicted octanol–water partition coefficient (Wildman–Crippen LogP) is 0.846. The van der Waals surface area contributed by atoms with Crippen molar-refractivity contribution in [2.24, 2.45) is 0 Å². The quantitative estimate of drug-likeness (QED) is 0.500. The van der Waals surface area contributed by atoms with Gasteiger partial charge >= 0.3 is 5.97 Å². The topological polar surface area (TPSA) is 38.3 Å². The summed E-state index contributed by atoms with van der Waals surface area (Å²) in [6.45, 7) is 3.68. The van der Waals surface area contributed by atoms with E-state index in [0.29, 0.717) is 12.2 Å². The number of hydrogen-bond donors (Lipinski definition) is 2. The monoisotopic (exact) mass is 191 g/mol. The van der Waals surface area contributed by atoms with Gasteiger partial charge in [-0.3, -0.25) is 4.79 Å². The second kappa shape index (κ2) is 6.31. The molecule has 4 heteroatoms. The first kappa shape index (κ1) is 11.8. The van der Waals surface area contributed by atoms with Crippen LogP contribution in [0.3, 0.4) is 0 Å². The van der Waals surface area contributed by atoms with Crippen molar-refractivity contribution >= 4 is 18.6 Å². The van der Waals surface area contributed by atoms with Crippen LogP contribution in [0, 0.1) is 0 Å². The second-order valence-electron chi connectivity index (χ2n) is 2.84. The van der Waals surface area contributed by atoms with Gasteiger partial charge in [-0.1, -0.05) is 0 Å². The third-order valence-electron chi connectivity index (χ3n) is 1.40. The minimum absolute atomic E-state index is 0.0479. The highest BCUT2D eigenvalue weighted by Crippen LogP contribution is 1.99. The van der Waals surface area contributed by atoms with Gasteiger partial charge in [0.25, 0.3) is 0 Å². The Kier molecular flexibility index (Phi) is 6.20. The van der Waals surface area contributed by atoms with Crippen LogP contribution in [-0.2, 0) is 9.53 Å². The summed E-state index contributed by atoms with van der Waals surface area (Å²) in [6.07, 6.45) is 0.652. The first-order valence-electron chi connectivity index (χ1n) is 4.10. The van der Waals surface area contributed by atoms with Gasteiger partial charge in [-0.15, -0.1) is 0 Å². The predicted molar refractivity (Wildman–Crippen MR) is 52.5 cm³/mol. The number of thiol groups is 1. The maximum atomic E-state index is 11.3. The molecule has 0 saturated heterocycles. The number of ether oxygens (including phenoxy) is 1. The van der Waals surface area contributed by atoms with Crippen LogP contribution in [0.2, 0.25) is 0 Å². The van der Waals surface area contributed by atoms with E-state index < -0.39 is 0 Å². The van der Waals surface area contributed by atoms with Crippen LogP contribution in [0.25, 0.3) is 0 Å². The van der Waals surface area contributed by atoms with Gasteiger partial charge in [-0.25, -0.2) is 0 Å². The molecule has 3 nitrogen and oxygen atoms in total. The van der Waals surface area contributed by atoms with E-state index in [-0.39, 0.29) is 18.1 Å². The molecule has 0 aromatic carbocycles. The van der Waals surface area contributed by atoms with Crippen molar-refractivity contribution in [3.8, 4) is 0 Å². The third kappa shape index (κ3) is 4.62. The van der Waals surface area contributed by atoms with Crippen LogP contribution >= 0.6 is 12.6 Å². The molecule has 0 spiro atoms. The first-order valence-corrected chi connectivity index (χ1v) is 4.73. The number of carbonyl (C=O) groups is 1. The molecule has 12 heavy (non-hydrogen) atoms. The van der Waals surface area contributed by atoms with Crippen LogP contribution in [0.15, 0.2) is 0 Å². The van der Waals surface area contributed by atoms with Gasteiger partial charge in [-0.2, -0.15) is 12.6 Å². The molecule has 0 aromatic heterocycles. The molecular weight excluding hydrogens is 174 g/mol. The fourth-order valence-electron chi connectivity index (χ4n) is 0.824. The summed E-state index contributed by atoms with van der Waals surface area (Å²) in [6, 6.07) is -0.218. The van der Waals surface area contributed by atoms with Crippen molar-refractivity contribution < 1.29 is 9.53 Å². The molecule has 0 aliphatic heterocycles.